The Morgan fingerprint density at radius 2 is 1.88 bits per heavy atom. The zero-order valence-corrected chi connectivity index (χ0v) is 11.3. The Morgan fingerprint density at radius 1 is 1.18 bits per heavy atom. The van der Waals surface area contributed by atoms with Crippen LogP contribution < -0.4 is 5.32 Å². The third-order valence-electron chi connectivity index (χ3n) is 4.65. The quantitative estimate of drug-likeness (QED) is 0.807. The van der Waals surface area contributed by atoms with Crippen LogP contribution >= 0.6 is 11.3 Å². The van der Waals surface area contributed by atoms with Gasteiger partial charge in [0, 0.05) is 17.5 Å². The number of rotatable bonds is 6. The van der Waals surface area contributed by atoms with E-state index in [1.165, 1.54) is 56.4 Å². The Hall–Kier alpha value is -0.340. The maximum atomic E-state index is 3.87. The fourth-order valence-corrected chi connectivity index (χ4v) is 3.84. The van der Waals surface area contributed by atoms with Crippen LogP contribution in [0.2, 0.25) is 0 Å². The lowest BCUT2D eigenvalue weighted by Gasteiger charge is -2.43. The monoisotopic (exact) mass is 249 g/mol. The maximum Gasteiger partial charge on any atom is 0.0124 e. The van der Waals surface area contributed by atoms with Gasteiger partial charge in [0.2, 0.25) is 0 Å². The summed E-state index contributed by atoms with van der Waals surface area (Å²) in [4.78, 5) is 1.53. The van der Waals surface area contributed by atoms with Crippen molar-refractivity contribution >= 4 is 11.3 Å². The van der Waals surface area contributed by atoms with Gasteiger partial charge in [-0.1, -0.05) is 18.9 Å². The molecule has 2 heteroatoms. The van der Waals surface area contributed by atoms with Crippen molar-refractivity contribution in [2.75, 3.05) is 6.54 Å². The molecule has 0 bridgehead atoms. The van der Waals surface area contributed by atoms with Crippen molar-refractivity contribution in [1.29, 1.82) is 0 Å². The van der Waals surface area contributed by atoms with Crippen molar-refractivity contribution in [2.24, 2.45) is 11.8 Å². The minimum Gasteiger partial charge on any atom is -0.313 e. The minimum absolute atomic E-state index is 0.845. The molecule has 0 spiro atoms. The summed E-state index contributed by atoms with van der Waals surface area (Å²) < 4.78 is 0. The molecule has 1 aromatic heterocycles. The van der Waals surface area contributed by atoms with Crippen molar-refractivity contribution in [3.63, 3.8) is 0 Å². The summed E-state index contributed by atoms with van der Waals surface area (Å²) in [6.07, 6.45) is 10.1. The molecule has 0 atom stereocenters. The molecule has 3 rings (SSSR count). The van der Waals surface area contributed by atoms with Crippen molar-refractivity contribution in [3.8, 4) is 0 Å². The van der Waals surface area contributed by atoms with Crippen LogP contribution in [0.25, 0.3) is 0 Å². The summed E-state index contributed by atoms with van der Waals surface area (Å²) in [6, 6.07) is 5.26. The van der Waals surface area contributed by atoms with Crippen LogP contribution in [0, 0.1) is 11.8 Å². The second kappa shape index (κ2) is 5.53. The smallest absolute Gasteiger partial charge is 0.0124 e. The Kier molecular flexibility index (Phi) is 3.82. The van der Waals surface area contributed by atoms with Crippen LogP contribution in [0.3, 0.4) is 0 Å². The highest BCUT2D eigenvalue weighted by Crippen LogP contribution is 2.39. The van der Waals surface area contributed by atoms with E-state index >= 15 is 0 Å². The van der Waals surface area contributed by atoms with E-state index in [-0.39, 0.29) is 0 Å². The van der Waals surface area contributed by atoms with Crippen molar-refractivity contribution in [2.45, 2.75) is 51.0 Å². The van der Waals surface area contributed by atoms with E-state index in [1.54, 1.807) is 0 Å². The van der Waals surface area contributed by atoms with E-state index in [0.717, 1.165) is 17.9 Å². The average molecular weight is 249 g/mol. The molecule has 2 saturated carbocycles. The number of thiophene rings is 1. The fraction of sp³-hybridized carbons (Fsp3) is 0.733. The van der Waals surface area contributed by atoms with Gasteiger partial charge in [0.15, 0.2) is 0 Å². The highest BCUT2D eigenvalue weighted by Gasteiger charge is 2.35. The first-order chi connectivity index (χ1) is 8.43. The standard InChI is InChI=1S/C15H23NS/c1-4-12(5-1)15(13-6-2-7-13)16-10-9-14-8-3-11-17-14/h3,8,11-13,15-16H,1-2,4-7,9-10H2. The second-order valence-corrected chi connectivity index (χ2v) is 6.72. The third-order valence-corrected chi connectivity index (χ3v) is 5.58. The maximum absolute atomic E-state index is 3.87. The molecular formula is C15H23NS. The molecule has 0 aromatic carbocycles. The van der Waals surface area contributed by atoms with Crippen LogP contribution in [0.4, 0.5) is 0 Å². The van der Waals surface area contributed by atoms with E-state index in [1.807, 2.05) is 11.3 Å². The zero-order valence-electron chi connectivity index (χ0n) is 10.5. The first-order valence-corrected chi connectivity index (χ1v) is 8.07. The predicted octanol–water partition coefficient (Wildman–Crippen LogP) is 3.85. The number of hydrogen-bond acceptors (Lipinski definition) is 2. The molecule has 0 radical (unpaired) electrons. The van der Waals surface area contributed by atoms with Crippen LogP contribution in [-0.2, 0) is 6.42 Å². The van der Waals surface area contributed by atoms with E-state index < -0.39 is 0 Å². The molecule has 1 nitrogen and oxygen atoms in total. The van der Waals surface area contributed by atoms with E-state index in [2.05, 4.69) is 22.8 Å². The van der Waals surface area contributed by atoms with Gasteiger partial charge >= 0.3 is 0 Å². The van der Waals surface area contributed by atoms with E-state index in [9.17, 15) is 0 Å². The van der Waals surface area contributed by atoms with Crippen LogP contribution in [0.15, 0.2) is 17.5 Å². The summed E-state index contributed by atoms with van der Waals surface area (Å²) in [6.45, 7) is 1.18. The molecule has 2 aliphatic rings. The minimum atomic E-state index is 0.845. The summed E-state index contributed by atoms with van der Waals surface area (Å²) in [5, 5.41) is 6.05. The molecule has 17 heavy (non-hydrogen) atoms. The molecule has 94 valence electrons. The molecule has 1 aromatic rings. The lowest BCUT2D eigenvalue weighted by molar-refractivity contribution is 0.124. The third kappa shape index (κ3) is 2.74. The van der Waals surface area contributed by atoms with E-state index in [4.69, 9.17) is 0 Å². The molecular weight excluding hydrogens is 226 g/mol. The van der Waals surface area contributed by atoms with Crippen molar-refractivity contribution in [1.82, 2.24) is 5.32 Å². The molecule has 0 amide bonds. The van der Waals surface area contributed by atoms with Gasteiger partial charge in [0.25, 0.3) is 0 Å². The molecule has 1 heterocycles. The fourth-order valence-electron chi connectivity index (χ4n) is 3.13. The average Bonchev–Trinajstić information content (AvgIpc) is 2.64. The van der Waals surface area contributed by atoms with Gasteiger partial charge in [-0.05, 0) is 55.4 Å². The van der Waals surface area contributed by atoms with Crippen LogP contribution in [0.1, 0.15) is 43.4 Å². The Morgan fingerprint density at radius 3 is 2.35 bits per heavy atom. The van der Waals surface area contributed by atoms with Gasteiger partial charge in [-0.3, -0.25) is 0 Å². The second-order valence-electron chi connectivity index (χ2n) is 5.69. The summed E-state index contributed by atoms with van der Waals surface area (Å²) in [5.74, 6) is 2.01. The molecule has 1 N–H and O–H groups in total. The van der Waals surface area contributed by atoms with Gasteiger partial charge in [-0.25, -0.2) is 0 Å². The molecule has 2 fully saturated rings. The Labute approximate surface area is 109 Å². The first kappa shape index (κ1) is 11.7. The number of nitrogens with one attached hydrogen (secondary N) is 1. The topological polar surface area (TPSA) is 12.0 Å². The first-order valence-electron chi connectivity index (χ1n) is 7.19. The van der Waals surface area contributed by atoms with Gasteiger partial charge in [-0.15, -0.1) is 11.3 Å². The normalized spacial score (nSPS) is 21.5. The van der Waals surface area contributed by atoms with Gasteiger partial charge in [0.1, 0.15) is 0 Å². The lowest BCUT2D eigenvalue weighted by atomic mass is 9.68. The van der Waals surface area contributed by atoms with Crippen LogP contribution in [0.5, 0.6) is 0 Å². The largest absolute Gasteiger partial charge is 0.313 e. The summed E-state index contributed by atoms with van der Waals surface area (Å²) in [5.41, 5.74) is 0. The van der Waals surface area contributed by atoms with Gasteiger partial charge < -0.3 is 5.32 Å². The van der Waals surface area contributed by atoms with Crippen molar-refractivity contribution in [3.05, 3.63) is 22.4 Å². The summed E-state index contributed by atoms with van der Waals surface area (Å²) in [7, 11) is 0. The number of hydrogen-bond donors (Lipinski definition) is 1. The Bertz CT molecular complexity index is 311. The van der Waals surface area contributed by atoms with Gasteiger partial charge in [-0.2, -0.15) is 0 Å². The molecule has 0 saturated heterocycles. The predicted molar refractivity (Wildman–Crippen MR) is 74.5 cm³/mol. The molecule has 0 aliphatic heterocycles. The molecule has 2 aliphatic carbocycles. The van der Waals surface area contributed by atoms with E-state index in [0.29, 0.717) is 0 Å². The lowest BCUT2D eigenvalue weighted by Crippen LogP contribution is -2.47. The Balaban J connectivity index is 1.46. The van der Waals surface area contributed by atoms with Gasteiger partial charge in [0.05, 0.1) is 0 Å². The molecule has 0 unspecified atom stereocenters. The zero-order chi connectivity index (χ0) is 11.5. The highest BCUT2D eigenvalue weighted by molar-refractivity contribution is 7.09. The van der Waals surface area contributed by atoms with Crippen LogP contribution in [-0.4, -0.2) is 12.6 Å². The van der Waals surface area contributed by atoms with Crippen molar-refractivity contribution < 1.29 is 0 Å². The summed E-state index contributed by atoms with van der Waals surface area (Å²) >= 11 is 1.89. The highest BCUT2D eigenvalue weighted by atomic mass is 32.1. The SMILES string of the molecule is c1csc(CCNC(C2CCC2)C2CCC2)c1.